The fraction of sp³-hybridized carbons (Fsp3) is 0.0833. The van der Waals surface area contributed by atoms with Crippen molar-refractivity contribution in [2.45, 2.75) is 13.3 Å². The van der Waals surface area contributed by atoms with Crippen LogP contribution in [0.15, 0.2) is 72.4 Å². The van der Waals surface area contributed by atoms with E-state index in [2.05, 4.69) is 23.3 Å². The number of rotatable bonds is 5. The molecular formula is C24H18N4OS. The van der Waals surface area contributed by atoms with Crippen molar-refractivity contribution >= 4 is 22.9 Å². The smallest absolute Gasteiger partial charge is 0.255 e. The first-order valence-corrected chi connectivity index (χ1v) is 10.3. The summed E-state index contributed by atoms with van der Waals surface area (Å²) >= 11 is 1.62. The van der Waals surface area contributed by atoms with Gasteiger partial charge in [0.2, 0.25) is 0 Å². The van der Waals surface area contributed by atoms with Gasteiger partial charge < -0.3 is 5.32 Å². The highest BCUT2D eigenvalue weighted by Crippen LogP contribution is 2.25. The van der Waals surface area contributed by atoms with Crippen molar-refractivity contribution in [3.05, 3.63) is 99.6 Å². The molecule has 0 atom stereocenters. The Labute approximate surface area is 178 Å². The minimum Gasteiger partial charge on any atom is -0.322 e. The standard InChI is InChI=1S/C24H18N4OS/c1-16-4-9-21(27-24(29)18-7-5-17(13-25)6-8-18)11-20(16)12-23-28-22(15-30-23)19-3-2-10-26-14-19/h2-11,14-15H,12H2,1H3,(H,27,29). The molecule has 0 aliphatic heterocycles. The highest BCUT2D eigenvalue weighted by atomic mass is 32.1. The Balaban J connectivity index is 1.50. The highest BCUT2D eigenvalue weighted by Gasteiger charge is 2.10. The minimum absolute atomic E-state index is 0.206. The zero-order valence-electron chi connectivity index (χ0n) is 16.3. The molecule has 1 amide bonds. The van der Waals surface area contributed by atoms with Gasteiger partial charge in [0, 0.05) is 41.0 Å². The third-order valence-corrected chi connectivity index (χ3v) is 5.58. The van der Waals surface area contributed by atoms with E-state index in [4.69, 9.17) is 10.2 Å². The van der Waals surface area contributed by atoms with E-state index in [1.54, 1.807) is 41.8 Å². The van der Waals surface area contributed by atoms with Crippen LogP contribution >= 0.6 is 11.3 Å². The number of hydrogen-bond acceptors (Lipinski definition) is 5. The normalized spacial score (nSPS) is 10.4. The number of aromatic nitrogens is 2. The van der Waals surface area contributed by atoms with Gasteiger partial charge in [-0.1, -0.05) is 6.07 Å². The zero-order chi connectivity index (χ0) is 20.9. The molecule has 1 N–H and O–H groups in total. The Bertz CT molecular complexity index is 1220. The van der Waals surface area contributed by atoms with Crippen LogP contribution in [0.25, 0.3) is 11.3 Å². The first-order valence-electron chi connectivity index (χ1n) is 9.38. The molecule has 0 aliphatic rings. The number of hydrogen-bond donors (Lipinski definition) is 1. The van der Waals surface area contributed by atoms with Crippen molar-refractivity contribution in [2.75, 3.05) is 5.32 Å². The van der Waals surface area contributed by atoms with Crippen molar-refractivity contribution in [3.8, 4) is 17.3 Å². The molecule has 0 spiro atoms. The topological polar surface area (TPSA) is 78.7 Å². The van der Waals surface area contributed by atoms with Gasteiger partial charge in [0.05, 0.1) is 22.3 Å². The van der Waals surface area contributed by atoms with E-state index in [-0.39, 0.29) is 5.91 Å². The zero-order valence-corrected chi connectivity index (χ0v) is 17.1. The summed E-state index contributed by atoms with van der Waals surface area (Å²) in [6, 6.07) is 18.4. The summed E-state index contributed by atoms with van der Waals surface area (Å²) in [6.45, 7) is 2.05. The van der Waals surface area contributed by atoms with E-state index in [1.165, 1.54) is 0 Å². The van der Waals surface area contributed by atoms with Gasteiger partial charge in [0.15, 0.2) is 0 Å². The van der Waals surface area contributed by atoms with Crippen LogP contribution in [0.3, 0.4) is 0 Å². The number of amides is 1. The van der Waals surface area contributed by atoms with Gasteiger partial charge in [0.25, 0.3) is 5.91 Å². The minimum atomic E-state index is -0.206. The summed E-state index contributed by atoms with van der Waals surface area (Å²) in [6.07, 6.45) is 4.25. The lowest BCUT2D eigenvalue weighted by Gasteiger charge is -2.10. The number of anilines is 1. The quantitative estimate of drug-likeness (QED) is 0.489. The van der Waals surface area contributed by atoms with Crippen LogP contribution in [-0.4, -0.2) is 15.9 Å². The summed E-state index contributed by atoms with van der Waals surface area (Å²) in [5, 5.41) is 14.9. The largest absolute Gasteiger partial charge is 0.322 e. The molecule has 0 bridgehead atoms. The van der Waals surface area contributed by atoms with Gasteiger partial charge in [-0.15, -0.1) is 11.3 Å². The number of carbonyl (C=O) groups is 1. The fourth-order valence-corrected chi connectivity index (χ4v) is 3.87. The van der Waals surface area contributed by atoms with E-state index < -0.39 is 0 Å². The van der Waals surface area contributed by atoms with Crippen LogP contribution in [-0.2, 0) is 6.42 Å². The Morgan fingerprint density at radius 3 is 2.73 bits per heavy atom. The molecule has 2 aromatic heterocycles. The average Bonchev–Trinajstić information content (AvgIpc) is 3.25. The Morgan fingerprint density at radius 1 is 1.17 bits per heavy atom. The van der Waals surface area contributed by atoms with Crippen LogP contribution in [0, 0.1) is 18.3 Å². The molecule has 4 aromatic rings. The van der Waals surface area contributed by atoms with E-state index in [0.29, 0.717) is 17.5 Å². The predicted octanol–water partition coefficient (Wildman–Crippen LogP) is 5.23. The number of nitriles is 1. The number of nitrogens with one attached hydrogen (secondary N) is 1. The molecule has 30 heavy (non-hydrogen) atoms. The van der Waals surface area contributed by atoms with Gasteiger partial charge in [0.1, 0.15) is 0 Å². The maximum atomic E-state index is 12.5. The van der Waals surface area contributed by atoms with Crippen molar-refractivity contribution in [1.29, 1.82) is 5.26 Å². The summed E-state index contributed by atoms with van der Waals surface area (Å²) in [7, 11) is 0. The van der Waals surface area contributed by atoms with Crippen molar-refractivity contribution in [2.24, 2.45) is 0 Å². The second-order valence-electron chi connectivity index (χ2n) is 6.83. The first kappa shape index (κ1) is 19.5. The maximum Gasteiger partial charge on any atom is 0.255 e. The second-order valence-corrected chi connectivity index (χ2v) is 7.77. The number of nitrogens with zero attached hydrogens (tertiary/aromatic N) is 3. The Morgan fingerprint density at radius 2 is 2.00 bits per heavy atom. The van der Waals surface area contributed by atoms with Crippen LogP contribution in [0.4, 0.5) is 5.69 Å². The summed E-state index contributed by atoms with van der Waals surface area (Å²) in [4.78, 5) is 21.4. The van der Waals surface area contributed by atoms with Gasteiger partial charge >= 0.3 is 0 Å². The number of pyridine rings is 1. The van der Waals surface area contributed by atoms with E-state index in [0.717, 1.165) is 33.1 Å². The van der Waals surface area contributed by atoms with Crippen LogP contribution < -0.4 is 5.32 Å². The van der Waals surface area contributed by atoms with Gasteiger partial charge in [-0.05, 0) is 66.6 Å². The molecule has 0 aliphatic carbocycles. The summed E-state index contributed by atoms with van der Waals surface area (Å²) < 4.78 is 0. The van der Waals surface area contributed by atoms with Crippen molar-refractivity contribution in [1.82, 2.24) is 9.97 Å². The highest BCUT2D eigenvalue weighted by molar-refractivity contribution is 7.10. The van der Waals surface area contributed by atoms with E-state index in [9.17, 15) is 4.79 Å². The van der Waals surface area contributed by atoms with Gasteiger partial charge in [-0.3, -0.25) is 9.78 Å². The van der Waals surface area contributed by atoms with Crippen LogP contribution in [0.5, 0.6) is 0 Å². The summed E-state index contributed by atoms with van der Waals surface area (Å²) in [5.41, 5.74) is 5.94. The van der Waals surface area contributed by atoms with E-state index in [1.807, 2.05) is 41.9 Å². The molecule has 6 heteroatoms. The predicted molar refractivity (Wildman–Crippen MR) is 118 cm³/mol. The molecule has 0 saturated carbocycles. The van der Waals surface area contributed by atoms with Crippen LogP contribution in [0.1, 0.15) is 32.1 Å². The third kappa shape index (κ3) is 4.43. The molecular weight excluding hydrogens is 392 g/mol. The Kier molecular flexibility index (Phi) is 5.64. The summed E-state index contributed by atoms with van der Waals surface area (Å²) in [5.74, 6) is -0.206. The molecule has 5 nitrogen and oxygen atoms in total. The Hall–Kier alpha value is -3.82. The van der Waals surface area contributed by atoms with Gasteiger partial charge in [-0.2, -0.15) is 5.26 Å². The van der Waals surface area contributed by atoms with Crippen LogP contribution in [0.2, 0.25) is 0 Å². The van der Waals surface area contributed by atoms with Crippen molar-refractivity contribution in [3.63, 3.8) is 0 Å². The molecule has 2 heterocycles. The SMILES string of the molecule is Cc1ccc(NC(=O)c2ccc(C#N)cc2)cc1Cc1nc(-c2cccnc2)cs1. The third-order valence-electron chi connectivity index (χ3n) is 4.73. The number of aryl methyl sites for hydroxylation is 1. The molecule has 2 aromatic carbocycles. The lowest BCUT2D eigenvalue weighted by molar-refractivity contribution is 0.102. The maximum absolute atomic E-state index is 12.5. The molecule has 0 radical (unpaired) electrons. The number of carbonyl (C=O) groups excluding carboxylic acids is 1. The number of benzene rings is 2. The number of thiazole rings is 1. The molecule has 4 rings (SSSR count). The van der Waals surface area contributed by atoms with Gasteiger partial charge in [-0.25, -0.2) is 4.98 Å². The second kappa shape index (κ2) is 8.68. The van der Waals surface area contributed by atoms with Crippen molar-refractivity contribution < 1.29 is 4.79 Å². The van der Waals surface area contributed by atoms with E-state index >= 15 is 0 Å². The monoisotopic (exact) mass is 410 g/mol. The first-order chi connectivity index (χ1) is 14.6. The molecule has 0 saturated heterocycles. The fourth-order valence-electron chi connectivity index (χ4n) is 3.04. The molecule has 0 unspecified atom stereocenters. The molecule has 146 valence electrons. The lowest BCUT2D eigenvalue weighted by atomic mass is 10.0. The lowest BCUT2D eigenvalue weighted by Crippen LogP contribution is -2.12. The average molecular weight is 411 g/mol. The molecule has 0 fully saturated rings.